The highest BCUT2D eigenvalue weighted by atomic mass is 35.5. The number of amides is 1. The fraction of sp³-hybridized carbons (Fsp3) is 0.286. The van der Waals surface area contributed by atoms with Gasteiger partial charge in [-0.05, 0) is 6.07 Å². The van der Waals surface area contributed by atoms with Gasteiger partial charge in [0.2, 0.25) is 11.8 Å². The Labute approximate surface area is 137 Å². The normalized spacial score (nSPS) is 18.6. The summed E-state index contributed by atoms with van der Waals surface area (Å²) in [4.78, 5) is 13.2. The molecule has 6 nitrogen and oxygen atoms in total. The largest absolute Gasteiger partial charge is 0.338 e. The van der Waals surface area contributed by atoms with Crippen molar-refractivity contribution in [1.82, 2.24) is 5.16 Å². The van der Waals surface area contributed by atoms with Gasteiger partial charge in [-0.3, -0.25) is 9.69 Å². The van der Waals surface area contributed by atoms with Gasteiger partial charge in [-0.15, -0.1) is 3.89 Å². The molecule has 122 valence electrons. The van der Waals surface area contributed by atoms with Crippen LogP contribution in [0.4, 0.5) is 9.77 Å². The van der Waals surface area contributed by atoms with Crippen LogP contribution < -0.4 is 4.90 Å². The quantitative estimate of drug-likeness (QED) is 0.785. The second-order valence-corrected chi connectivity index (χ2v) is 7.13. The van der Waals surface area contributed by atoms with Crippen LogP contribution in [-0.2, 0) is 15.0 Å². The summed E-state index contributed by atoms with van der Waals surface area (Å²) in [5.74, 6) is -1.43. The van der Waals surface area contributed by atoms with E-state index in [2.05, 4.69) is 5.16 Å². The van der Waals surface area contributed by atoms with Crippen molar-refractivity contribution in [3.8, 4) is 11.3 Å². The van der Waals surface area contributed by atoms with Crippen LogP contribution in [0.25, 0.3) is 11.3 Å². The summed E-state index contributed by atoms with van der Waals surface area (Å²) in [5, 5.41) is 4.37. The highest BCUT2D eigenvalue weighted by Crippen LogP contribution is 2.32. The van der Waals surface area contributed by atoms with Crippen LogP contribution in [0.15, 0.2) is 34.9 Å². The van der Waals surface area contributed by atoms with Gasteiger partial charge in [-0.1, -0.05) is 35.0 Å². The molecular weight excluding hydrogens is 347 g/mol. The molecule has 0 radical (unpaired) electrons. The van der Waals surface area contributed by atoms with E-state index in [0.29, 0.717) is 16.3 Å². The maximum atomic E-state index is 12.8. The molecule has 0 spiro atoms. The van der Waals surface area contributed by atoms with E-state index in [-0.39, 0.29) is 24.8 Å². The maximum Gasteiger partial charge on any atom is 0.302 e. The Bertz CT molecular complexity index is 852. The standard InChI is InChI=1S/C14H12ClFN2O4S/c15-11-4-2-1-3-10(11)12-6-14(22-17-12)18-7-9(5-13(18)19)8-23(16,20)21/h1-4,6,9H,5,7-8H2. The lowest BCUT2D eigenvalue weighted by molar-refractivity contribution is -0.117. The molecule has 1 aromatic heterocycles. The Morgan fingerprint density at radius 2 is 2.13 bits per heavy atom. The lowest BCUT2D eigenvalue weighted by atomic mass is 10.1. The predicted octanol–water partition coefficient (Wildman–Crippen LogP) is 2.65. The third-order valence-electron chi connectivity index (χ3n) is 3.55. The number of hydrogen-bond acceptors (Lipinski definition) is 5. The summed E-state index contributed by atoms with van der Waals surface area (Å²) in [6.07, 6.45) is -0.0503. The molecule has 1 aliphatic heterocycles. The summed E-state index contributed by atoms with van der Waals surface area (Å²) in [6, 6.07) is 8.58. The number of aromatic nitrogens is 1. The van der Waals surface area contributed by atoms with Crippen molar-refractivity contribution in [3.63, 3.8) is 0 Å². The van der Waals surface area contributed by atoms with Crippen LogP contribution in [0.2, 0.25) is 5.02 Å². The SMILES string of the molecule is O=C1CC(CS(=O)(=O)F)CN1c1cc(-c2ccccc2Cl)no1. The molecule has 2 aromatic rings. The van der Waals surface area contributed by atoms with Gasteiger partial charge >= 0.3 is 10.2 Å². The van der Waals surface area contributed by atoms with E-state index in [0.717, 1.165) is 0 Å². The third kappa shape index (κ3) is 3.53. The predicted molar refractivity (Wildman–Crippen MR) is 82.3 cm³/mol. The highest BCUT2D eigenvalue weighted by molar-refractivity contribution is 7.86. The summed E-state index contributed by atoms with van der Waals surface area (Å²) >= 11 is 6.08. The maximum absolute atomic E-state index is 12.8. The second-order valence-electron chi connectivity index (χ2n) is 5.31. The highest BCUT2D eigenvalue weighted by Gasteiger charge is 2.35. The molecule has 1 unspecified atom stereocenters. The van der Waals surface area contributed by atoms with E-state index in [1.807, 2.05) is 0 Å². The number of rotatable bonds is 4. The van der Waals surface area contributed by atoms with Gasteiger partial charge in [0.1, 0.15) is 5.69 Å². The average molecular weight is 359 g/mol. The Balaban J connectivity index is 1.81. The van der Waals surface area contributed by atoms with Gasteiger partial charge in [0, 0.05) is 30.5 Å². The van der Waals surface area contributed by atoms with Crippen molar-refractivity contribution in [2.24, 2.45) is 5.92 Å². The molecule has 3 rings (SSSR count). The van der Waals surface area contributed by atoms with Crippen molar-refractivity contribution in [1.29, 1.82) is 0 Å². The van der Waals surface area contributed by atoms with E-state index in [4.69, 9.17) is 16.1 Å². The lowest BCUT2D eigenvalue weighted by Gasteiger charge is -2.11. The lowest BCUT2D eigenvalue weighted by Crippen LogP contribution is -2.24. The van der Waals surface area contributed by atoms with Gasteiger partial charge in [-0.25, -0.2) is 0 Å². The van der Waals surface area contributed by atoms with E-state index >= 15 is 0 Å². The molecule has 1 aliphatic rings. The van der Waals surface area contributed by atoms with Gasteiger partial charge in [-0.2, -0.15) is 8.42 Å². The van der Waals surface area contributed by atoms with Gasteiger partial charge in [0.25, 0.3) is 0 Å². The van der Waals surface area contributed by atoms with Crippen molar-refractivity contribution < 1.29 is 21.6 Å². The number of benzene rings is 1. The monoisotopic (exact) mass is 358 g/mol. The summed E-state index contributed by atoms with van der Waals surface area (Å²) in [7, 11) is -4.62. The van der Waals surface area contributed by atoms with E-state index in [9.17, 15) is 17.1 Å². The first-order chi connectivity index (χ1) is 10.8. The molecule has 1 atom stereocenters. The van der Waals surface area contributed by atoms with Crippen molar-refractivity contribution >= 4 is 33.6 Å². The van der Waals surface area contributed by atoms with Gasteiger partial charge in [0.05, 0.1) is 10.8 Å². The zero-order valence-electron chi connectivity index (χ0n) is 11.8. The Kier molecular flexibility index (Phi) is 4.11. The van der Waals surface area contributed by atoms with Gasteiger partial charge in [0.15, 0.2) is 0 Å². The minimum Gasteiger partial charge on any atom is -0.338 e. The molecule has 0 N–H and O–H groups in total. The van der Waals surface area contributed by atoms with Crippen molar-refractivity contribution in [3.05, 3.63) is 35.4 Å². The van der Waals surface area contributed by atoms with Crippen LogP contribution >= 0.6 is 11.6 Å². The number of carbonyl (C=O) groups excluding carboxylic acids is 1. The molecule has 1 fully saturated rings. The zero-order chi connectivity index (χ0) is 16.6. The van der Waals surface area contributed by atoms with Crippen LogP contribution in [-0.4, -0.2) is 31.8 Å². The van der Waals surface area contributed by atoms with Crippen molar-refractivity contribution in [2.75, 3.05) is 17.2 Å². The fourth-order valence-electron chi connectivity index (χ4n) is 2.58. The van der Waals surface area contributed by atoms with Crippen LogP contribution in [0.5, 0.6) is 0 Å². The summed E-state index contributed by atoms with van der Waals surface area (Å²) < 4.78 is 39.4. The first kappa shape index (κ1) is 15.9. The number of carbonyl (C=O) groups is 1. The minimum absolute atomic E-state index is 0.0503. The fourth-order valence-corrected chi connectivity index (χ4v) is 3.60. The Hall–Kier alpha value is -1.93. The minimum atomic E-state index is -4.62. The van der Waals surface area contributed by atoms with Crippen molar-refractivity contribution in [2.45, 2.75) is 6.42 Å². The molecule has 0 saturated carbocycles. The smallest absolute Gasteiger partial charge is 0.302 e. The molecular formula is C14H12ClFN2O4S. The van der Waals surface area contributed by atoms with Gasteiger partial charge < -0.3 is 4.52 Å². The number of hydrogen-bond donors (Lipinski definition) is 0. The molecule has 0 bridgehead atoms. The molecule has 23 heavy (non-hydrogen) atoms. The molecule has 1 saturated heterocycles. The number of anilines is 1. The molecule has 9 heteroatoms. The molecule has 1 aromatic carbocycles. The second kappa shape index (κ2) is 5.93. The molecule has 2 heterocycles. The first-order valence-corrected chi connectivity index (χ1v) is 8.71. The summed E-state index contributed by atoms with van der Waals surface area (Å²) in [6.45, 7) is 0.0686. The van der Waals surface area contributed by atoms with Crippen LogP contribution in [0.3, 0.4) is 0 Å². The van der Waals surface area contributed by atoms with E-state index < -0.39 is 21.9 Å². The first-order valence-electron chi connectivity index (χ1n) is 6.78. The number of nitrogens with zero attached hydrogens (tertiary/aromatic N) is 2. The molecule has 1 amide bonds. The molecule has 0 aliphatic carbocycles. The Morgan fingerprint density at radius 1 is 1.39 bits per heavy atom. The van der Waals surface area contributed by atoms with E-state index in [1.165, 1.54) is 4.90 Å². The summed E-state index contributed by atoms with van der Waals surface area (Å²) in [5.41, 5.74) is 1.11. The average Bonchev–Trinajstić information content (AvgIpc) is 3.04. The third-order valence-corrected chi connectivity index (χ3v) is 4.75. The Morgan fingerprint density at radius 3 is 2.83 bits per heavy atom. The number of halogens is 2. The zero-order valence-corrected chi connectivity index (χ0v) is 13.3. The van der Waals surface area contributed by atoms with E-state index in [1.54, 1.807) is 30.3 Å². The topological polar surface area (TPSA) is 80.5 Å². The van der Waals surface area contributed by atoms with Crippen LogP contribution in [0, 0.1) is 5.92 Å². The van der Waals surface area contributed by atoms with Crippen LogP contribution in [0.1, 0.15) is 6.42 Å².